The van der Waals surface area contributed by atoms with Crippen LogP contribution in [0.15, 0.2) is 0 Å². The molecule has 2 unspecified atom stereocenters. The summed E-state index contributed by atoms with van der Waals surface area (Å²) in [5.74, 6) is 0.621. The van der Waals surface area contributed by atoms with Crippen molar-refractivity contribution in [3.8, 4) is 0 Å². The molecular weight excluding hydrogens is 183 g/mol. The van der Waals surface area contributed by atoms with E-state index in [-0.39, 0.29) is 12.7 Å². The number of hydrogen-bond donors (Lipinski definition) is 2. The molecule has 2 rings (SSSR count). The van der Waals surface area contributed by atoms with Crippen LogP contribution in [0.25, 0.3) is 0 Å². The van der Waals surface area contributed by atoms with Crippen molar-refractivity contribution in [1.29, 1.82) is 0 Å². The molecule has 1 heterocycles. The number of phosphoric acid groups is 1. The SMILES string of the molecule is O=P(O)(O)OCC1CC2C[C@@H]2O1. The topological polar surface area (TPSA) is 76.0 Å². The molecule has 5 nitrogen and oxygen atoms in total. The van der Waals surface area contributed by atoms with E-state index in [1.165, 1.54) is 0 Å². The van der Waals surface area contributed by atoms with Gasteiger partial charge < -0.3 is 14.5 Å². The molecule has 0 aromatic rings. The minimum absolute atomic E-state index is 0.0112. The van der Waals surface area contributed by atoms with Crippen molar-refractivity contribution in [1.82, 2.24) is 0 Å². The highest BCUT2D eigenvalue weighted by molar-refractivity contribution is 7.46. The zero-order valence-corrected chi connectivity index (χ0v) is 7.31. The first-order chi connectivity index (χ1) is 5.54. The van der Waals surface area contributed by atoms with Gasteiger partial charge in [-0.2, -0.15) is 0 Å². The van der Waals surface area contributed by atoms with E-state index in [0.717, 1.165) is 12.8 Å². The predicted molar refractivity (Wildman–Crippen MR) is 39.4 cm³/mol. The summed E-state index contributed by atoms with van der Waals surface area (Å²) in [5.41, 5.74) is 0. The third-order valence-electron chi connectivity index (χ3n) is 2.22. The maximum absolute atomic E-state index is 10.3. The number of rotatable bonds is 3. The van der Waals surface area contributed by atoms with Crippen LogP contribution in [-0.4, -0.2) is 28.6 Å². The molecule has 2 fully saturated rings. The standard InChI is InChI=1S/C6H11O5P/c7-12(8,9)10-3-5-1-4-2-6(4)11-5/h4-6H,1-3H2,(H2,7,8,9)/t4?,5?,6-/m0/s1. The van der Waals surface area contributed by atoms with Crippen molar-refractivity contribution in [2.75, 3.05) is 6.61 Å². The van der Waals surface area contributed by atoms with Gasteiger partial charge in [0, 0.05) is 0 Å². The molecule has 70 valence electrons. The van der Waals surface area contributed by atoms with Gasteiger partial charge in [0.05, 0.1) is 18.8 Å². The van der Waals surface area contributed by atoms with Crippen LogP contribution in [0, 0.1) is 5.92 Å². The molecule has 1 aliphatic heterocycles. The molecule has 0 aromatic carbocycles. The minimum atomic E-state index is -4.30. The Hall–Kier alpha value is 0.0700. The van der Waals surface area contributed by atoms with Crippen LogP contribution in [0.2, 0.25) is 0 Å². The van der Waals surface area contributed by atoms with E-state index >= 15 is 0 Å². The average molecular weight is 194 g/mol. The van der Waals surface area contributed by atoms with E-state index in [0.29, 0.717) is 12.0 Å². The van der Waals surface area contributed by atoms with Gasteiger partial charge in [0.15, 0.2) is 0 Å². The van der Waals surface area contributed by atoms with Crippen LogP contribution >= 0.6 is 7.82 Å². The van der Waals surface area contributed by atoms with Gasteiger partial charge >= 0.3 is 7.82 Å². The Balaban J connectivity index is 1.71. The molecule has 2 N–H and O–H groups in total. The number of phosphoric ester groups is 1. The first kappa shape index (κ1) is 8.66. The van der Waals surface area contributed by atoms with Gasteiger partial charge in [-0.1, -0.05) is 0 Å². The van der Waals surface area contributed by atoms with Gasteiger partial charge in [-0.25, -0.2) is 4.57 Å². The molecule has 1 aliphatic carbocycles. The molecule has 3 atom stereocenters. The molecule has 6 heteroatoms. The normalized spacial score (nSPS) is 39.7. The zero-order valence-electron chi connectivity index (χ0n) is 6.42. The predicted octanol–water partition coefficient (Wildman–Crippen LogP) is 0.273. The highest BCUT2D eigenvalue weighted by Crippen LogP contribution is 2.46. The molecule has 0 spiro atoms. The molecule has 2 aliphatic rings. The monoisotopic (exact) mass is 194 g/mol. The first-order valence-corrected chi connectivity index (χ1v) is 5.43. The summed E-state index contributed by atoms with van der Waals surface area (Å²) in [5, 5.41) is 0. The van der Waals surface area contributed by atoms with E-state index in [1.807, 2.05) is 0 Å². The third-order valence-corrected chi connectivity index (χ3v) is 2.70. The van der Waals surface area contributed by atoms with Crippen molar-refractivity contribution in [3.63, 3.8) is 0 Å². The second-order valence-electron chi connectivity index (χ2n) is 3.31. The van der Waals surface area contributed by atoms with E-state index in [9.17, 15) is 4.57 Å². The van der Waals surface area contributed by atoms with Crippen molar-refractivity contribution < 1.29 is 23.6 Å². The number of ether oxygens (including phenoxy) is 1. The molecule has 0 amide bonds. The van der Waals surface area contributed by atoms with Crippen LogP contribution < -0.4 is 0 Å². The first-order valence-electron chi connectivity index (χ1n) is 3.90. The molecule has 1 saturated carbocycles. The average Bonchev–Trinajstić information content (AvgIpc) is 2.54. The Morgan fingerprint density at radius 1 is 1.50 bits per heavy atom. The summed E-state index contributed by atoms with van der Waals surface area (Å²) in [6.07, 6.45) is 2.22. The highest BCUT2D eigenvalue weighted by atomic mass is 31.2. The Labute approximate surface area is 69.9 Å². The molecular formula is C6H11O5P. The summed E-state index contributed by atoms with van der Waals surface area (Å²) >= 11 is 0. The van der Waals surface area contributed by atoms with Crippen LogP contribution in [-0.2, 0) is 13.8 Å². The Morgan fingerprint density at radius 3 is 2.75 bits per heavy atom. The smallest absolute Gasteiger partial charge is 0.372 e. The van der Waals surface area contributed by atoms with Crippen molar-refractivity contribution in [3.05, 3.63) is 0 Å². The summed E-state index contributed by atoms with van der Waals surface area (Å²) in [6.45, 7) is 0.0112. The van der Waals surface area contributed by atoms with Gasteiger partial charge in [-0.05, 0) is 18.8 Å². The molecule has 0 radical (unpaired) electrons. The fourth-order valence-electron chi connectivity index (χ4n) is 1.56. The lowest BCUT2D eigenvalue weighted by molar-refractivity contribution is 0.0285. The Kier molecular flexibility index (Phi) is 2.01. The maximum atomic E-state index is 10.3. The van der Waals surface area contributed by atoms with E-state index in [2.05, 4.69) is 4.52 Å². The fourth-order valence-corrected chi connectivity index (χ4v) is 1.92. The quantitative estimate of drug-likeness (QED) is 0.631. The fraction of sp³-hybridized carbons (Fsp3) is 1.00. The van der Waals surface area contributed by atoms with Gasteiger partial charge in [-0.15, -0.1) is 0 Å². The van der Waals surface area contributed by atoms with Crippen molar-refractivity contribution in [2.24, 2.45) is 5.92 Å². The second kappa shape index (κ2) is 2.79. The lowest BCUT2D eigenvalue weighted by Crippen LogP contribution is -2.15. The molecule has 12 heavy (non-hydrogen) atoms. The van der Waals surface area contributed by atoms with Crippen molar-refractivity contribution >= 4 is 7.82 Å². The maximum Gasteiger partial charge on any atom is 0.469 e. The van der Waals surface area contributed by atoms with E-state index < -0.39 is 7.82 Å². The minimum Gasteiger partial charge on any atom is -0.372 e. The number of fused-ring (bicyclic) bond motifs is 1. The lowest BCUT2D eigenvalue weighted by atomic mass is 10.2. The second-order valence-corrected chi connectivity index (χ2v) is 4.55. The Bertz CT molecular complexity index is 214. The summed E-state index contributed by atoms with van der Waals surface area (Å²) in [7, 11) is -4.30. The van der Waals surface area contributed by atoms with Gasteiger partial charge in [0.1, 0.15) is 0 Å². The van der Waals surface area contributed by atoms with Crippen LogP contribution in [0.4, 0.5) is 0 Å². The van der Waals surface area contributed by atoms with Gasteiger partial charge in [-0.3, -0.25) is 4.52 Å². The summed E-state index contributed by atoms with van der Waals surface area (Å²) < 4.78 is 20.0. The van der Waals surface area contributed by atoms with E-state index in [4.69, 9.17) is 14.5 Å². The van der Waals surface area contributed by atoms with Gasteiger partial charge in [0.2, 0.25) is 0 Å². The largest absolute Gasteiger partial charge is 0.469 e. The van der Waals surface area contributed by atoms with Crippen LogP contribution in [0.1, 0.15) is 12.8 Å². The Morgan fingerprint density at radius 2 is 2.25 bits per heavy atom. The van der Waals surface area contributed by atoms with Crippen LogP contribution in [0.3, 0.4) is 0 Å². The summed E-state index contributed by atoms with van der Waals surface area (Å²) in [4.78, 5) is 16.8. The molecule has 0 aromatic heterocycles. The lowest BCUT2D eigenvalue weighted by Gasteiger charge is -2.12. The molecule has 1 saturated heterocycles. The van der Waals surface area contributed by atoms with E-state index in [1.54, 1.807) is 0 Å². The zero-order chi connectivity index (χ0) is 8.77. The number of hydrogen-bond acceptors (Lipinski definition) is 3. The van der Waals surface area contributed by atoms with Gasteiger partial charge in [0.25, 0.3) is 0 Å². The molecule has 0 bridgehead atoms. The van der Waals surface area contributed by atoms with Crippen LogP contribution in [0.5, 0.6) is 0 Å². The highest BCUT2D eigenvalue weighted by Gasteiger charge is 2.47. The van der Waals surface area contributed by atoms with Crippen molar-refractivity contribution in [2.45, 2.75) is 25.0 Å². The third kappa shape index (κ3) is 2.06. The summed E-state index contributed by atoms with van der Waals surface area (Å²) in [6, 6.07) is 0.